The van der Waals surface area contributed by atoms with Crippen LogP contribution in [0.15, 0.2) is 35.8 Å². The van der Waals surface area contributed by atoms with Gasteiger partial charge in [-0.25, -0.2) is 14.4 Å². The summed E-state index contributed by atoms with van der Waals surface area (Å²) in [7, 11) is 0. The Balaban J connectivity index is 1.49. The fraction of sp³-hybridized carbons (Fsp3) is 0.316. The molecule has 0 spiro atoms. The number of hydrogen-bond acceptors (Lipinski definition) is 8. The first-order valence-electron chi connectivity index (χ1n) is 9.22. The van der Waals surface area contributed by atoms with Crippen molar-refractivity contribution in [2.24, 2.45) is 0 Å². The number of anilines is 3. The van der Waals surface area contributed by atoms with Crippen molar-refractivity contribution < 1.29 is 9.50 Å². The zero-order valence-electron chi connectivity index (χ0n) is 15.6. The summed E-state index contributed by atoms with van der Waals surface area (Å²) in [4.78, 5) is 17.2. The summed E-state index contributed by atoms with van der Waals surface area (Å²) in [6, 6.07) is 7.45. The van der Waals surface area contributed by atoms with E-state index in [1.165, 1.54) is 17.5 Å². The minimum Gasteiger partial charge on any atom is -0.395 e. The van der Waals surface area contributed by atoms with Gasteiger partial charge in [0.2, 0.25) is 5.95 Å². The van der Waals surface area contributed by atoms with Crippen LogP contribution in [0.5, 0.6) is 0 Å². The molecule has 0 unspecified atom stereocenters. The molecule has 3 aromatic rings. The monoisotopic (exact) mass is 434 g/mol. The Kier molecular flexibility index (Phi) is 6.19. The highest BCUT2D eigenvalue weighted by Crippen LogP contribution is 2.31. The summed E-state index contributed by atoms with van der Waals surface area (Å²) in [6.45, 7) is 3.85. The zero-order valence-corrected chi connectivity index (χ0v) is 17.1. The minimum atomic E-state index is -0.540. The molecule has 1 fully saturated rings. The maximum absolute atomic E-state index is 14.3. The molecule has 3 heterocycles. The van der Waals surface area contributed by atoms with Crippen molar-refractivity contribution in [2.75, 3.05) is 49.5 Å². The van der Waals surface area contributed by atoms with Gasteiger partial charge in [0.1, 0.15) is 0 Å². The highest BCUT2D eigenvalue weighted by atomic mass is 35.5. The van der Waals surface area contributed by atoms with Crippen molar-refractivity contribution in [1.29, 1.82) is 0 Å². The molecule has 2 N–H and O–H groups in total. The molecule has 1 aromatic carbocycles. The van der Waals surface area contributed by atoms with Crippen LogP contribution in [0.4, 0.5) is 21.3 Å². The molecule has 152 valence electrons. The fourth-order valence-corrected chi connectivity index (χ4v) is 4.08. The first kappa shape index (κ1) is 20.0. The van der Waals surface area contributed by atoms with Gasteiger partial charge in [-0.05, 0) is 6.07 Å². The summed E-state index contributed by atoms with van der Waals surface area (Å²) in [5.41, 5.74) is 1.54. The third kappa shape index (κ3) is 4.64. The lowest BCUT2D eigenvalue weighted by molar-refractivity contribution is 0.188. The Morgan fingerprint density at radius 3 is 2.72 bits per heavy atom. The van der Waals surface area contributed by atoms with E-state index in [-0.39, 0.29) is 12.4 Å². The Hall–Kier alpha value is -2.33. The molecule has 0 atom stereocenters. The zero-order chi connectivity index (χ0) is 20.2. The van der Waals surface area contributed by atoms with E-state index in [9.17, 15) is 4.39 Å². The third-order valence-electron chi connectivity index (χ3n) is 4.68. The number of nitrogens with zero attached hydrogens (tertiary/aromatic N) is 5. The third-order valence-corrected chi connectivity index (χ3v) is 5.77. The van der Waals surface area contributed by atoms with Crippen molar-refractivity contribution >= 4 is 39.8 Å². The number of halogens is 2. The maximum Gasteiger partial charge on any atom is 0.227 e. The Morgan fingerprint density at radius 2 is 1.97 bits per heavy atom. The van der Waals surface area contributed by atoms with E-state index in [0.29, 0.717) is 22.6 Å². The van der Waals surface area contributed by atoms with Crippen LogP contribution in [-0.4, -0.2) is 64.3 Å². The van der Waals surface area contributed by atoms with Gasteiger partial charge >= 0.3 is 0 Å². The van der Waals surface area contributed by atoms with Crippen LogP contribution in [0.3, 0.4) is 0 Å². The van der Waals surface area contributed by atoms with Gasteiger partial charge < -0.3 is 15.3 Å². The van der Waals surface area contributed by atoms with Crippen molar-refractivity contribution in [1.82, 2.24) is 19.9 Å². The van der Waals surface area contributed by atoms with Gasteiger partial charge in [-0.2, -0.15) is 4.98 Å². The molecule has 1 saturated heterocycles. The lowest BCUT2D eigenvalue weighted by Gasteiger charge is -2.34. The molecule has 1 aliphatic heterocycles. The maximum atomic E-state index is 14.3. The molecule has 0 aliphatic carbocycles. The lowest BCUT2D eigenvalue weighted by atomic mass is 10.2. The number of piperazine rings is 1. The highest BCUT2D eigenvalue weighted by molar-refractivity contribution is 7.14. The number of nitrogens with one attached hydrogen (secondary N) is 1. The molecular formula is C19H20ClFN6OS. The summed E-state index contributed by atoms with van der Waals surface area (Å²) in [5, 5.41) is 15.0. The van der Waals surface area contributed by atoms with Crippen molar-refractivity contribution in [3.05, 3.63) is 46.7 Å². The number of thiazole rings is 1. The number of rotatable bonds is 6. The largest absolute Gasteiger partial charge is 0.395 e. The van der Waals surface area contributed by atoms with E-state index in [0.717, 1.165) is 37.4 Å². The van der Waals surface area contributed by atoms with Crippen molar-refractivity contribution in [3.8, 4) is 11.3 Å². The predicted octanol–water partition coefficient (Wildman–Crippen LogP) is 3.25. The van der Waals surface area contributed by atoms with Crippen LogP contribution < -0.4 is 10.2 Å². The minimum absolute atomic E-state index is 0.0906. The van der Waals surface area contributed by atoms with Gasteiger partial charge in [-0.1, -0.05) is 29.8 Å². The van der Waals surface area contributed by atoms with E-state index < -0.39 is 5.82 Å². The number of β-amino-alcohol motifs (C(OH)–C–C–N with tert-alkyl or cyclic N) is 1. The van der Waals surface area contributed by atoms with Crippen molar-refractivity contribution in [2.45, 2.75) is 0 Å². The average molecular weight is 435 g/mol. The predicted molar refractivity (Wildman–Crippen MR) is 114 cm³/mol. The summed E-state index contributed by atoms with van der Waals surface area (Å²) in [5.74, 6) is 0.0236. The number of aromatic nitrogens is 3. The standard InChI is InChI=1S/C19H20ClFN6OS/c20-14-4-2-1-3-13(14)16-12-29-19(23-16)25-17-15(21)11-22-18(24-17)27-7-5-26(6-8-27)9-10-28/h1-4,11-12,28H,5-10H2,(H,22,23,24,25). The first-order valence-corrected chi connectivity index (χ1v) is 10.5. The molecule has 4 rings (SSSR count). The van der Waals surface area contributed by atoms with Gasteiger partial charge in [-0.15, -0.1) is 11.3 Å². The second kappa shape index (κ2) is 9.00. The van der Waals surface area contributed by atoms with Crippen LogP contribution in [0.1, 0.15) is 0 Å². The summed E-state index contributed by atoms with van der Waals surface area (Å²) in [6.07, 6.45) is 1.17. The molecule has 0 radical (unpaired) electrons. The smallest absolute Gasteiger partial charge is 0.227 e. The Labute approximate surface area is 176 Å². The lowest BCUT2D eigenvalue weighted by Crippen LogP contribution is -2.47. The summed E-state index contributed by atoms with van der Waals surface area (Å²) >= 11 is 7.58. The van der Waals surface area contributed by atoms with Crippen LogP contribution in [-0.2, 0) is 0 Å². The normalized spacial score (nSPS) is 14.9. The van der Waals surface area contributed by atoms with E-state index in [1.807, 2.05) is 28.5 Å². The van der Waals surface area contributed by atoms with E-state index in [4.69, 9.17) is 16.7 Å². The molecule has 0 amide bonds. The van der Waals surface area contributed by atoms with Gasteiger partial charge in [-0.3, -0.25) is 4.90 Å². The topological polar surface area (TPSA) is 77.4 Å². The number of aliphatic hydroxyl groups is 1. The molecule has 0 saturated carbocycles. The molecule has 2 aromatic heterocycles. The quantitative estimate of drug-likeness (QED) is 0.616. The molecule has 29 heavy (non-hydrogen) atoms. The Bertz CT molecular complexity index is 979. The van der Waals surface area contributed by atoms with Gasteiger partial charge in [0.25, 0.3) is 0 Å². The van der Waals surface area contributed by atoms with E-state index >= 15 is 0 Å². The van der Waals surface area contributed by atoms with Crippen LogP contribution in [0.2, 0.25) is 5.02 Å². The number of benzene rings is 1. The second-order valence-corrected chi connectivity index (χ2v) is 7.83. The SMILES string of the molecule is OCCN1CCN(c2ncc(F)c(Nc3nc(-c4ccccc4Cl)cs3)n2)CC1. The average Bonchev–Trinajstić information content (AvgIpc) is 3.19. The molecule has 7 nitrogen and oxygen atoms in total. The molecule has 1 aliphatic rings. The molecular weight excluding hydrogens is 415 g/mol. The highest BCUT2D eigenvalue weighted by Gasteiger charge is 2.20. The second-order valence-electron chi connectivity index (χ2n) is 6.56. The van der Waals surface area contributed by atoms with Gasteiger partial charge in [0.15, 0.2) is 16.8 Å². The van der Waals surface area contributed by atoms with E-state index in [2.05, 4.69) is 25.2 Å². The summed E-state index contributed by atoms with van der Waals surface area (Å²) < 4.78 is 14.3. The molecule has 0 bridgehead atoms. The van der Waals surface area contributed by atoms with E-state index in [1.54, 1.807) is 6.07 Å². The fourth-order valence-electron chi connectivity index (χ4n) is 3.14. The van der Waals surface area contributed by atoms with Crippen LogP contribution in [0.25, 0.3) is 11.3 Å². The van der Waals surface area contributed by atoms with Gasteiger partial charge in [0, 0.05) is 48.7 Å². The first-order chi connectivity index (χ1) is 14.1. The van der Waals surface area contributed by atoms with Gasteiger partial charge in [0.05, 0.1) is 18.5 Å². The van der Waals surface area contributed by atoms with Crippen LogP contribution >= 0.6 is 22.9 Å². The molecule has 10 heteroatoms. The Morgan fingerprint density at radius 1 is 1.17 bits per heavy atom. The van der Waals surface area contributed by atoms with Crippen molar-refractivity contribution in [3.63, 3.8) is 0 Å². The van der Waals surface area contributed by atoms with Crippen LogP contribution in [0, 0.1) is 5.82 Å². The number of hydrogen-bond donors (Lipinski definition) is 2. The number of aliphatic hydroxyl groups excluding tert-OH is 1.